The second-order valence-corrected chi connectivity index (χ2v) is 34.4. The van der Waals surface area contributed by atoms with Gasteiger partial charge in [-0.1, -0.05) is 167 Å². The van der Waals surface area contributed by atoms with Gasteiger partial charge in [-0.05, 0) is 265 Å². The van der Waals surface area contributed by atoms with E-state index in [1.165, 1.54) is 5.56 Å². The zero-order valence-electron chi connectivity index (χ0n) is 63.5. The molecule has 0 fully saturated rings. The van der Waals surface area contributed by atoms with Gasteiger partial charge in [0.05, 0.1) is 0 Å². The number of hydrogen-bond donors (Lipinski definition) is 0. The van der Waals surface area contributed by atoms with Crippen LogP contribution in [0.25, 0.3) is 0 Å². The smallest absolute Gasteiger partial charge is 0.417 e. The minimum absolute atomic E-state index is 0.491. The SMILES string of the molecule is Cc1cc(C)c(OP2Oc3c(C)cc(C)cc3C(C)(C)O2)c(Cc2cc(C)cc(C)c2OP2Oc3c(C)cc(CCc4cc(C)c5c(c4)C(C)(c4ccccc4)OP(Oc4c(C)cc(C)cc4Cc4cc(C)cc(C)c4OP4Oc6c(C)cc(C)cc6C(C)(c6ccccc6)O4)O5)cc3C(C)(C)O2)c1. The minimum atomic E-state index is -2.01. The van der Waals surface area contributed by atoms with Gasteiger partial charge in [-0.3, -0.25) is 18.1 Å². The van der Waals surface area contributed by atoms with E-state index in [9.17, 15) is 0 Å². The number of benzene rings is 10. The van der Waals surface area contributed by atoms with Crippen LogP contribution >= 0.6 is 34.4 Å². The van der Waals surface area contributed by atoms with E-state index >= 15 is 0 Å². The molecule has 0 radical (unpaired) electrons. The zero-order chi connectivity index (χ0) is 73.6. The Balaban J connectivity index is 0.696. The van der Waals surface area contributed by atoms with Crippen molar-refractivity contribution in [3.8, 4) is 46.0 Å². The van der Waals surface area contributed by atoms with Gasteiger partial charge in [-0.2, -0.15) is 0 Å². The summed E-state index contributed by atoms with van der Waals surface area (Å²) in [6, 6.07) is 55.8. The number of hydrogen-bond acceptors (Lipinski definition) is 12. The molecule has 538 valence electrons. The first kappa shape index (κ1) is 73.1. The Morgan fingerprint density at radius 2 is 0.538 bits per heavy atom. The number of aryl methyl sites for hydroxylation is 16. The highest BCUT2D eigenvalue weighted by molar-refractivity contribution is 7.43. The largest absolute Gasteiger partial charge is 0.464 e. The number of fused-ring (bicyclic) bond motifs is 4. The average molecular weight is 1470 g/mol. The van der Waals surface area contributed by atoms with Gasteiger partial charge in [0.15, 0.2) is 0 Å². The molecule has 0 aromatic heterocycles. The topological polar surface area (TPSA) is 111 Å². The van der Waals surface area contributed by atoms with Gasteiger partial charge in [-0.25, -0.2) is 0 Å². The third-order valence-electron chi connectivity index (χ3n) is 20.4. The van der Waals surface area contributed by atoms with Gasteiger partial charge >= 0.3 is 34.4 Å². The lowest BCUT2D eigenvalue weighted by Gasteiger charge is -2.39. The van der Waals surface area contributed by atoms with Crippen molar-refractivity contribution in [2.45, 2.75) is 187 Å². The Morgan fingerprint density at radius 3 is 0.885 bits per heavy atom. The molecule has 0 bridgehead atoms. The van der Waals surface area contributed by atoms with Gasteiger partial charge < -0.3 is 36.2 Å². The molecule has 0 aliphatic carbocycles. The van der Waals surface area contributed by atoms with Crippen LogP contribution in [0.5, 0.6) is 46.0 Å². The lowest BCUT2D eigenvalue weighted by atomic mass is 9.84. The summed E-state index contributed by atoms with van der Waals surface area (Å²) in [5.41, 5.74) is 23.9. The van der Waals surface area contributed by atoms with E-state index in [2.05, 4.69) is 272 Å². The maximum absolute atomic E-state index is 7.28. The van der Waals surface area contributed by atoms with Crippen LogP contribution < -0.4 is 36.2 Å². The molecule has 0 spiro atoms. The molecule has 4 aliphatic rings. The van der Waals surface area contributed by atoms with E-state index in [0.29, 0.717) is 18.6 Å². The van der Waals surface area contributed by atoms with Crippen molar-refractivity contribution in [2.75, 3.05) is 0 Å². The van der Waals surface area contributed by atoms with Gasteiger partial charge in [-0.15, -0.1) is 0 Å². The lowest BCUT2D eigenvalue weighted by molar-refractivity contribution is 0.0759. The quantitative estimate of drug-likeness (QED) is 0.0810. The van der Waals surface area contributed by atoms with Crippen LogP contribution in [0.3, 0.4) is 0 Å². The fourth-order valence-corrected chi connectivity index (χ4v) is 21.1. The fourth-order valence-electron chi connectivity index (χ4n) is 15.5. The molecule has 16 heteroatoms. The highest BCUT2D eigenvalue weighted by atomic mass is 31.2. The van der Waals surface area contributed by atoms with Gasteiger partial charge in [0.2, 0.25) is 0 Å². The van der Waals surface area contributed by atoms with Crippen LogP contribution in [-0.4, -0.2) is 0 Å². The minimum Gasteiger partial charge on any atom is -0.417 e. The molecule has 14 rings (SSSR count). The second kappa shape index (κ2) is 28.5. The summed E-state index contributed by atoms with van der Waals surface area (Å²) in [6.45, 7) is 42.1. The van der Waals surface area contributed by atoms with Gasteiger partial charge in [0.25, 0.3) is 0 Å². The first-order valence-corrected chi connectivity index (χ1v) is 40.2. The first-order valence-electron chi connectivity index (χ1n) is 35.8. The maximum Gasteiger partial charge on any atom is 0.464 e. The van der Waals surface area contributed by atoms with E-state index in [4.69, 9.17) is 54.3 Å². The standard InChI is InChI=1S/C88H94O12P4/c1-51-33-57(7)77(89-101-93-81-61(11)37-55(5)43-73(81)85(15,16)97-101)67(39-51)49-68-40-52(2)34-58(8)78(68)90-102-94-82-63(13)45-65(47-74(82)86(17,18)98-102)31-32-66-46-64(14)84-76(48-66)88(20,72-29-25-22-26-30-72)100-104(96-84)92-80-60(10)36-54(4)42-70(80)50-69-41-53(3)35-59(9)79(69)91-103-95-83-62(12)38-56(6)44-75(83)87(19,99-103)71-27-23-21-24-28-71/h21-30,33-48H,31-32,49-50H2,1-20H3. The number of rotatable bonds is 17. The molecule has 10 aromatic carbocycles. The van der Waals surface area contributed by atoms with E-state index < -0.39 is 56.8 Å². The molecule has 6 atom stereocenters. The van der Waals surface area contributed by atoms with Crippen molar-refractivity contribution in [3.63, 3.8) is 0 Å². The van der Waals surface area contributed by atoms with Crippen LogP contribution in [0, 0.1) is 96.9 Å². The Labute approximate surface area is 620 Å². The molecular formula is C88H94O12P4. The third kappa shape index (κ3) is 14.5. The molecule has 104 heavy (non-hydrogen) atoms. The molecule has 0 saturated carbocycles. The summed E-state index contributed by atoms with van der Waals surface area (Å²) in [5, 5.41) is 0. The van der Waals surface area contributed by atoms with Crippen LogP contribution in [0.1, 0.15) is 186 Å². The summed E-state index contributed by atoms with van der Waals surface area (Å²) in [5.74, 6) is 6.06. The third-order valence-corrected chi connectivity index (χ3v) is 25.3. The average Bonchev–Trinajstić information content (AvgIpc) is 0.747. The van der Waals surface area contributed by atoms with Crippen LogP contribution in [0.4, 0.5) is 0 Å². The van der Waals surface area contributed by atoms with Crippen molar-refractivity contribution < 1.29 is 54.3 Å². The summed E-state index contributed by atoms with van der Waals surface area (Å²) in [4.78, 5) is 0. The van der Waals surface area contributed by atoms with Crippen LogP contribution in [-0.2, 0) is 66.2 Å². The van der Waals surface area contributed by atoms with E-state index in [1.54, 1.807) is 0 Å². The van der Waals surface area contributed by atoms with Gasteiger partial charge in [0.1, 0.15) is 68.4 Å². The van der Waals surface area contributed by atoms with Crippen molar-refractivity contribution in [1.29, 1.82) is 0 Å². The fraction of sp³-hybridized carbons (Fsp3) is 0.318. The molecular weight excluding hydrogens is 1370 g/mol. The molecule has 10 aromatic rings. The highest BCUT2D eigenvalue weighted by Crippen LogP contribution is 2.63. The second-order valence-electron chi connectivity index (χ2n) is 30.4. The monoisotopic (exact) mass is 1470 g/mol. The Hall–Kier alpha value is -7.84. The Kier molecular flexibility index (Phi) is 20.0. The van der Waals surface area contributed by atoms with Crippen molar-refractivity contribution in [3.05, 3.63) is 302 Å². The molecule has 0 saturated heterocycles. The highest BCUT2D eigenvalue weighted by Gasteiger charge is 2.48. The molecule has 12 nitrogen and oxygen atoms in total. The van der Waals surface area contributed by atoms with Crippen molar-refractivity contribution in [1.82, 2.24) is 0 Å². The molecule has 0 N–H and O–H groups in total. The van der Waals surface area contributed by atoms with Crippen molar-refractivity contribution in [2.24, 2.45) is 0 Å². The van der Waals surface area contributed by atoms with E-state index in [1.807, 2.05) is 24.3 Å². The van der Waals surface area contributed by atoms with Crippen molar-refractivity contribution >= 4 is 34.4 Å². The molecule has 6 unspecified atom stereocenters. The van der Waals surface area contributed by atoms with Gasteiger partial charge in [0, 0.05) is 35.1 Å². The normalized spacial score (nSPS) is 20.5. The summed E-state index contributed by atoms with van der Waals surface area (Å²) < 4.78 is 83.2. The lowest BCUT2D eigenvalue weighted by Crippen LogP contribution is -2.31. The predicted molar refractivity (Wildman–Crippen MR) is 420 cm³/mol. The Morgan fingerprint density at radius 1 is 0.279 bits per heavy atom. The van der Waals surface area contributed by atoms with Crippen LogP contribution in [0.2, 0.25) is 0 Å². The van der Waals surface area contributed by atoms with E-state index in [0.717, 1.165) is 192 Å². The molecule has 4 heterocycles. The predicted octanol–water partition coefficient (Wildman–Crippen LogP) is 24.8. The summed E-state index contributed by atoms with van der Waals surface area (Å²) in [6.07, 6.45) is 2.53. The maximum atomic E-state index is 7.28. The Bertz CT molecular complexity index is 5020. The molecule has 4 aliphatic heterocycles. The zero-order valence-corrected chi connectivity index (χ0v) is 67.1. The van der Waals surface area contributed by atoms with E-state index in [-0.39, 0.29) is 0 Å². The first-order chi connectivity index (χ1) is 49.4. The summed E-state index contributed by atoms with van der Waals surface area (Å²) in [7, 11) is -7.60. The molecule has 0 amide bonds. The van der Waals surface area contributed by atoms with Crippen LogP contribution in [0.15, 0.2) is 158 Å². The summed E-state index contributed by atoms with van der Waals surface area (Å²) >= 11 is 0.